The van der Waals surface area contributed by atoms with Gasteiger partial charge in [0.25, 0.3) is 0 Å². The highest BCUT2D eigenvalue weighted by molar-refractivity contribution is 7.98. The normalized spacial score (nSPS) is 10.6. The first kappa shape index (κ1) is 14.7. The molecule has 2 rings (SSSR count). The molecular formula is C15H15F2NOS. The lowest BCUT2D eigenvalue weighted by Crippen LogP contribution is -1.95. The summed E-state index contributed by atoms with van der Waals surface area (Å²) in [4.78, 5) is 0.791. The lowest BCUT2D eigenvalue weighted by Gasteiger charge is -2.09. The Morgan fingerprint density at radius 2 is 1.95 bits per heavy atom. The number of nitrogens with two attached hydrogens (primary N) is 1. The Bertz CT molecular complexity index is 604. The molecule has 0 saturated carbocycles. The Balaban J connectivity index is 2.13. The standard InChI is InChI=1S/C15H15F2NOS/c1-2-19-12-4-6-14(18)15(8-12)20-9-10-7-11(16)3-5-13(10)17/h3-8H,2,9,18H2,1H3. The minimum absolute atomic E-state index is 0.309. The Morgan fingerprint density at radius 1 is 1.15 bits per heavy atom. The fourth-order valence-corrected chi connectivity index (χ4v) is 2.67. The number of hydrogen-bond donors (Lipinski definition) is 1. The molecule has 0 atom stereocenters. The first-order valence-electron chi connectivity index (χ1n) is 6.19. The highest BCUT2D eigenvalue weighted by Gasteiger charge is 2.07. The quantitative estimate of drug-likeness (QED) is 0.662. The molecule has 0 saturated heterocycles. The maximum absolute atomic E-state index is 13.5. The van der Waals surface area contributed by atoms with Gasteiger partial charge in [0.1, 0.15) is 17.4 Å². The van der Waals surface area contributed by atoms with Crippen molar-refractivity contribution in [2.24, 2.45) is 0 Å². The van der Waals surface area contributed by atoms with Gasteiger partial charge in [0.2, 0.25) is 0 Å². The van der Waals surface area contributed by atoms with Gasteiger partial charge >= 0.3 is 0 Å². The molecule has 0 amide bonds. The average Bonchev–Trinajstić information content (AvgIpc) is 2.43. The van der Waals surface area contributed by atoms with Crippen molar-refractivity contribution in [2.45, 2.75) is 17.6 Å². The fourth-order valence-electron chi connectivity index (χ4n) is 1.71. The van der Waals surface area contributed by atoms with Crippen LogP contribution in [0.2, 0.25) is 0 Å². The molecule has 2 nitrogen and oxygen atoms in total. The van der Waals surface area contributed by atoms with E-state index in [-0.39, 0.29) is 0 Å². The zero-order valence-corrected chi connectivity index (χ0v) is 11.8. The van der Waals surface area contributed by atoms with Gasteiger partial charge in [-0.1, -0.05) is 0 Å². The van der Waals surface area contributed by atoms with Crippen molar-refractivity contribution in [3.05, 3.63) is 53.6 Å². The molecule has 0 bridgehead atoms. The summed E-state index contributed by atoms with van der Waals surface area (Å²) in [6.07, 6.45) is 0. The van der Waals surface area contributed by atoms with Crippen LogP contribution >= 0.6 is 11.8 Å². The van der Waals surface area contributed by atoms with Crippen LogP contribution in [0.5, 0.6) is 5.75 Å². The highest BCUT2D eigenvalue weighted by Crippen LogP contribution is 2.32. The Labute approximate surface area is 120 Å². The Kier molecular flexibility index (Phi) is 4.84. The molecule has 2 aromatic rings. The molecule has 0 aliphatic rings. The molecule has 0 fully saturated rings. The molecule has 0 aliphatic heterocycles. The summed E-state index contributed by atoms with van der Waals surface area (Å²) in [5, 5.41) is 0. The van der Waals surface area contributed by atoms with E-state index in [1.165, 1.54) is 17.8 Å². The lowest BCUT2D eigenvalue weighted by molar-refractivity contribution is 0.339. The van der Waals surface area contributed by atoms with Crippen LogP contribution in [-0.2, 0) is 5.75 Å². The number of thioether (sulfide) groups is 1. The van der Waals surface area contributed by atoms with Gasteiger partial charge < -0.3 is 10.5 Å². The molecule has 0 aromatic heterocycles. The SMILES string of the molecule is CCOc1ccc(N)c(SCc2cc(F)ccc2F)c1. The minimum Gasteiger partial charge on any atom is -0.494 e. The fraction of sp³-hybridized carbons (Fsp3) is 0.200. The summed E-state index contributed by atoms with van der Waals surface area (Å²) in [6, 6.07) is 8.77. The first-order chi connectivity index (χ1) is 9.60. The molecule has 2 aromatic carbocycles. The van der Waals surface area contributed by atoms with Crippen LogP contribution in [0.15, 0.2) is 41.3 Å². The summed E-state index contributed by atoms with van der Waals surface area (Å²) in [6.45, 7) is 2.46. The molecule has 20 heavy (non-hydrogen) atoms. The highest BCUT2D eigenvalue weighted by atomic mass is 32.2. The minimum atomic E-state index is -0.446. The van der Waals surface area contributed by atoms with Crippen molar-refractivity contribution in [2.75, 3.05) is 12.3 Å². The monoisotopic (exact) mass is 295 g/mol. The smallest absolute Gasteiger partial charge is 0.127 e. The predicted molar refractivity (Wildman–Crippen MR) is 77.9 cm³/mol. The predicted octanol–water partition coefficient (Wildman–Crippen LogP) is 4.24. The van der Waals surface area contributed by atoms with Crippen LogP contribution in [0.3, 0.4) is 0 Å². The molecule has 0 spiro atoms. The van der Waals surface area contributed by atoms with Crippen LogP contribution in [0.4, 0.5) is 14.5 Å². The zero-order valence-electron chi connectivity index (χ0n) is 11.0. The molecule has 106 valence electrons. The van der Waals surface area contributed by atoms with Gasteiger partial charge in [-0.25, -0.2) is 8.78 Å². The van der Waals surface area contributed by atoms with E-state index >= 15 is 0 Å². The summed E-state index contributed by atoms with van der Waals surface area (Å²) in [5.74, 6) is 0.156. The van der Waals surface area contributed by atoms with Gasteiger partial charge in [0.05, 0.1) is 6.61 Å². The van der Waals surface area contributed by atoms with Crippen molar-refractivity contribution >= 4 is 17.4 Å². The molecule has 0 aliphatic carbocycles. The van der Waals surface area contributed by atoms with Crippen molar-refractivity contribution in [3.63, 3.8) is 0 Å². The topological polar surface area (TPSA) is 35.2 Å². The summed E-state index contributed by atoms with van der Waals surface area (Å²) >= 11 is 1.35. The lowest BCUT2D eigenvalue weighted by atomic mass is 10.2. The molecule has 0 unspecified atom stereocenters. The van der Waals surface area contributed by atoms with Crippen molar-refractivity contribution < 1.29 is 13.5 Å². The number of ether oxygens (including phenoxy) is 1. The second-order valence-corrected chi connectivity index (χ2v) is 5.17. The third kappa shape index (κ3) is 3.63. The van der Waals surface area contributed by atoms with Crippen LogP contribution in [0.1, 0.15) is 12.5 Å². The number of hydrogen-bond acceptors (Lipinski definition) is 3. The molecule has 0 heterocycles. The van der Waals surface area contributed by atoms with E-state index in [1.807, 2.05) is 6.92 Å². The van der Waals surface area contributed by atoms with Gasteiger partial charge in [0.15, 0.2) is 0 Å². The Morgan fingerprint density at radius 3 is 2.70 bits per heavy atom. The van der Waals surface area contributed by atoms with Crippen LogP contribution in [0, 0.1) is 11.6 Å². The third-order valence-electron chi connectivity index (χ3n) is 2.69. The van der Waals surface area contributed by atoms with E-state index in [1.54, 1.807) is 18.2 Å². The van der Waals surface area contributed by atoms with Gasteiger partial charge in [-0.05, 0) is 43.3 Å². The van der Waals surface area contributed by atoms with E-state index in [4.69, 9.17) is 10.5 Å². The molecular weight excluding hydrogens is 280 g/mol. The third-order valence-corrected chi connectivity index (χ3v) is 3.81. The average molecular weight is 295 g/mol. The Hall–Kier alpha value is -1.75. The van der Waals surface area contributed by atoms with Crippen molar-refractivity contribution in [3.8, 4) is 5.75 Å². The summed E-state index contributed by atoms with van der Waals surface area (Å²) < 4.78 is 32.0. The van der Waals surface area contributed by atoms with Crippen LogP contribution in [0.25, 0.3) is 0 Å². The number of halogens is 2. The molecule has 0 radical (unpaired) electrons. The summed E-state index contributed by atoms with van der Waals surface area (Å²) in [7, 11) is 0. The van der Waals surface area contributed by atoms with Crippen LogP contribution < -0.4 is 10.5 Å². The number of rotatable bonds is 5. The van der Waals surface area contributed by atoms with E-state index in [0.717, 1.165) is 17.0 Å². The van der Waals surface area contributed by atoms with E-state index in [0.29, 0.717) is 29.4 Å². The summed E-state index contributed by atoms with van der Waals surface area (Å²) in [5.41, 5.74) is 6.78. The second-order valence-electron chi connectivity index (χ2n) is 4.16. The van der Waals surface area contributed by atoms with Gasteiger partial charge in [-0.15, -0.1) is 11.8 Å². The maximum Gasteiger partial charge on any atom is 0.127 e. The number of nitrogen functional groups attached to an aromatic ring is 1. The maximum atomic E-state index is 13.5. The zero-order chi connectivity index (χ0) is 14.5. The molecule has 2 N–H and O–H groups in total. The first-order valence-corrected chi connectivity index (χ1v) is 7.17. The van der Waals surface area contributed by atoms with Gasteiger partial charge in [-0.2, -0.15) is 0 Å². The number of benzene rings is 2. The van der Waals surface area contributed by atoms with E-state index in [9.17, 15) is 8.78 Å². The second kappa shape index (κ2) is 6.61. The van der Waals surface area contributed by atoms with Crippen molar-refractivity contribution in [1.82, 2.24) is 0 Å². The van der Waals surface area contributed by atoms with E-state index < -0.39 is 11.6 Å². The van der Waals surface area contributed by atoms with Gasteiger partial charge in [0, 0.05) is 21.9 Å². The van der Waals surface area contributed by atoms with Crippen LogP contribution in [-0.4, -0.2) is 6.61 Å². The van der Waals surface area contributed by atoms with Gasteiger partial charge in [-0.3, -0.25) is 0 Å². The largest absolute Gasteiger partial charge is 0.494 e. The molecule has 5 heteroatoms. The number of anilines is 1. The van der Waals surface area contributed by atoms with E-state index in [2.05, 4.69) is 0 Å². The van der Waals surface area contributed by atoms with Crippen molar-refractivity contribution in [1.29, 1.82) is 0 Å².